The molecule has 0 spiro atoms. The summed E-state index contributed by atoms with van der Waals surface area (Å²) in [6, 6.07) is 0.359. The standard InChI is InChI=1S/C12H20N2OS/c1-3-11-10(4-6-15-11)8-14-9(2)12-13-5-7-16-12/h5,7,9-11,14H,3-4,6,8H2,1-2H3. The summed E-state index contributed by atoms with van der Waals surface area (Å²) < 4.78 is 5.68. The molecule has 1 saturated heterocycles. The van der Waals surface area contributed by atoms with Gasteiger partial charge in [0.15, 0.2) is 0 Å². The van der Waals surface area contributed by atoms with E-state index in [4.69, 9.17) is 4.74 Å². The molecular weight excluding hydrogens is 220 g/mol. The third kappa shape index (κ3) is 2.81. The van der Waals surface area contributed by atoms with E-state index in [-0.39, 0.29) is 0 Å². The number of nitrogens with zero attached hydrogens (tertiary/aromatic N) is 1. The first-order chi connectivity index (χ1) is 7.81. The fourth-order valence-electron chi connectivity index (χ4n) is 2.24. The van der Waals surface area contributed by atoms with Crippen molar-refractivity contribution in [3.8, 4) is 0 Å². The Hall–Kier alpha value is -0.450. The molecule has 2 heterocycles. The first-order valence-electron chi connectivity index (χ1n) is 6.05. The van der Waals surface area contributed by atoms with Crippen molar-refractivity contribution in [2.75, 3.05) is 13.2 Å². The predicted molar refractivity (Wildman–Crippen MR) is 66.7 cm³/mol. The maximum absolute atomic E-state index is 5.68. The van der Waals surface area contributed by atoms with Crippen LogP contribution in [0.25, 0.3) is 0 Å². The highest BCUT2D eigenvalue weighted by Gasteiger charge is 2.26. The second kappa shape index (κ2) is 5.75. The molecule has 4 heteroatoms. The molecule has 3 nitrogen and oxygen atoms in total. The van der Waals surface area contributed by atoms with Crippen molar-refractivity contribution in [1.82, 2.24) is 10.3 Å². The van der Waals surface area contributed by atoms with Crippen LogP contribution in [0.3, 0.4) is 0 Å². The molecule has 1 aliphatic rings. The minimum atomic E-state index is 0.359. The summed E-state index contributed by atoms with van der Waals surface area (Å²) in [5, 5.41) is 6.76. The van der Waals surface area contributed by atoms with Gasteiger partial charge in [-0.05, 0) is 25.7 Å². The normalized spacial score (nSPS) is 27.1. The Labute approximate surface area is 101 Å². The first kappa shape index (κ1) is 12.0. The first-order valence-corrected chi connectivity index (χ1v) is 6.93. The summed E-state index contributed by atoms with van der Waals surface area (Å²) >= 11 is 1.72. The second-order valence-corrected chi connectivity index (χ2v) is 5.29. The summed E-state index contributed by atoms with van der Waals surface area (Å²) in [6.45, 7) is 6.35. The smallest absolute Gasteiger partial charge is 0.109 e. The molecule has 1 aromatic heterocycles. The van der Waals surface area contributed by atoms with E-state index in [1.165, 1.54) is 11.4 Å². The summed E-state index contributed by atoms with van der Waals surface area (Å²) in [6.07, 6.45) is 4.63. The predicted octanol–water partition coefficient (Wildman–Crippen LogP) is 2.61. The highest BCUT2D eigenvalue weighted by Crippen LogP contribution is 2.23. The summed E-state index contributed by atoms with van der Waals surface area (Å²) in [5.74, 6) is 0.674. The van der Waals surface area contributed by atoms with E-state index >= 15 is 0 Å². The monoisotopic (exact) mass is 240 g/mol. The van der Waals surface area contributed by atoms with Crippen molar-refractivity contribution < 1.29 is 4.74 Å². The molecule has 0 amide bonds. The Morgan fingerprint density at radius 3 is 3.25 bits per heavy atom. The number of hydrogen-bond donors (Lipinski definition) is 1. The molecule has 0 saturated carbocycles. The lowest BCUT2D eigenvalue weighted by molar-refractivity contribution is 0.0867. The van der Waals surface area contributed by atoms with Crippen molar-refractivity contribution in [2.24, 2.45) is 5.92 Å². The van der Waals surface area contributed by atoms with Gasteiger partial charge in [0.05, 0.1) is 12.1 Å². The Kier molecular flexibility index (Phi) is 4.32. The quantitative estimate of drug-likeness (QED) is 0.859. The summed E-state index contributed by atoms with van der Waals surface area (Å²) in [4.78, 5) is 4.33. The molecule has 0 bridgehead atoms. The number of rotatable bonds is 5. The SMILES string of the molecule is CCC1OCCC1CNC(C)c1nccs1. The third-order valence-corrected chi connectivity index (χ3v) is 4.22. The van der Waals surface area contributed by atoms with Crippen LogP contribution < -0.4 is 5.32 Å². The van der Waals surface area contributed by atoms with E-state index in [9.17, 15) is 0 Å². The lowest BCUT2D eigenvalue weighted by atomic mass is 9.99. The molecule has 3 unspecified atom stereocenters. The zero-order valence-corrected chi connectivity index (χ0v) is 10.8. The third-order valence-electron chi connectivity index (χ3n) is 3.26. The average molecular weight is 240 g/mol. The Balaban J connectivity index is 1.78. The van der Waals surface area contributed by atoms with E-state index in [0.29, 0.717) is 18.1 Å². The molecule has 1 N–H and O–H groups in total. The molecular formula is C12H20N2OS. The van der Waals surface area contributed by atoms with Gasteiger partial charge in [0.1, 0.15) is 5.01 Å². The maximum atomic E-state index is 5.68. The van der Waals surface area contributed by atoms with Crippen LogP contribution in [0.15, 0.2) is 11.6 Å². The fourth-order valence-corrected chi connectivity index (χ4v) is 2.91. The largest absolute Gasteiger partial charge is 0.378 e. The number of ether oxygens (including phenoxy) is 1. The Morgan fingerprint density at radius 2 is 2.56 bits per heavy atom. The van der Waals surface area contributed by atoms with Gasteiger partial charge in [0.25, 0.3) is 0 Å². The molecule has 1 aliphatic heterocycles. The fraction of sp³-hybridized carbons (Fsp3) is 0.750. The van der Waals surface area contributed by atoms with Crippen molar-refractivity contribution in [2.45, 2.75) is 38.8 Å². The molecule has 2 rings (SSSR count). The zero-order valence-electron chi connectivity index (χ0n) is 9.98. The van der Waals surface area contributed by atoms with Crippen LogP contribution in [0.4, 0.5) is 0 Å². The average Bonchev–Trinajstić information content (AvgIpc) is 2.96. The summed E-state index contributed by atoms with van der Waals surface area (Å²) in [5.41, 5.74) is 0. The van der Waals surface area contributed by atoms with Crippen LogP contribution in [0.5, 0.6) is 0 Å². The molecule has 16 heavy (non-hydrogen) atoms. The van der Waals surface area contributed by atoms with Crippen molar-refractivity contribution in [1.29, 1.82) is 0 Å². The van der Waals surface area contributed by atoms with Crippen LogP contribution in [0.1, 0.15) is 37.7 Å². The lowest BCUT2D eigenvalue weighted by Crippen LogP contribution is -2.30. The highest BCUT2D eigenvalue weighted by atomic mass is 32.1. The number of aromatic nitrogens is 1. The van der Waals surface area contributed by atoms with Gasteiger partial charge >= 0.3 is 0 Å². The summed E-state index contributed by atoms with van der Waals surface area (Å²) in [7, 11) is 0. The van der Waals surface area contributed by atoms with Gasteiger partial charge in [-0.25, -0.2) is 4.98 Å². The zero-order chi connectivity index (χ0) is 11.4. The van der Waals surface area contributed by atoms with Crippen LogP contribution in [-0.2, 0) is 4.74 Å². The van der Waals surface area contributed by atoms with Gasteiger partial charge in [-0.2, -0.15) is 0 Å². The van der Waals surface area contributed by atoms with E-state index in [1.54, 1.807) is 11.3 Å². The van der Waals surface area contributed by atoms with Gasteiger partial charge in [-0.1, -0.05) is 6.92 Å². The van der Waals surface area contributed by atoms with E-state index < -0.39 is 0 Å². The van der Waals surface area contributed by atoms with E-state index in [1.807, 2.05) is 11.6 Å². The van der Waals surface area contributed by atoms with Crippen LogP contribution in [0.2, 0.25) is 0 Å². The molecule has 0 aliphatic carbocycles. The lowest BCUT2D eigenvalue weighted by Gasteiger charge is -2.19. The molecule has 1 fully saturated rings. The van der Waals surface area contributed by atoms with Crippen LogP contribution in [-0.4, -0.2) is 24.2 Å². The van der Waals surface area contributed by atoms with E-state index in [0.717, 1.165) is 19.6 Å². The Bertz CT molecular complexity index is 302. The minimum Gasteiger partial charge on any atom is -0.378 e. The van der Waals surface area contributed by atoms with Gasteiger partial charge in [0.2, 0.25) is 0 Å². The molecule has 1 aromatic rings. The van der Waals surface area contributed by atoms with Crippen molar-refractivity contribution >= 4 is 11.3 Å². The Morgan fingerprint density at radius 1 is 1.69 bits per heavy atom. The topological polar surface area (TPSA) is 34.1 Å². The molecule has 0 radical (unpaired) electrons. The maximum Gasteiger partial charge on any atom is 0.109 e. The number of hydrogen-bond acceptors (Lipinski definition) is 4. The molecule has 90 valence electrons. The van der Waals surface area contributed by atoms with Crippen molar-refractivity contribution in [3.05, 3.63) is 16.6 Å². The molecule has 0 aromatic carbocycles. The van der Waals surface area contributed by atoms with Gasteiger partial charge in [0, 0.05) is 24.7 Å². The highest BCUT2D eigenvalue weighted by molar-refractivity contribution is 7.09. The van der Waals surface area contributed by atoms with Gasteiger partial charge in [-0.15, -0.1) is 11.3 Å². The molecule has 3 atom stereocenters. The van der Waals surface area contributed by atoms with Crippen LogP contribution >= 0.6 is 11.3 Å². The van der Waals surface area contributed by atoms with Crippen molar-refractivity contribution in [3.63, 3.8) is 0 Å². The van der Waals surface area contributed by atoms with Gasteiger partial charge < -0.3 is 10.1 Å². The number of thiazole rings is 1. The minimum absolute atomic E-state index is 0.359. The van der Waals surface area contributed by atoms with E-state index in [2.05, 4.69) is 24.1 Å². The van der Waals surface area contributed by atoms with Gasteiger partial charge in [-0.3, -0.25) is 0 Å². The van der Waals surface area contributed by atoms with Crippen LogP contribution in [0, 0.1) is 5.92 Å². The number of nitrogens with one attached hydrogen (secondary N) is 1. The second-order valence-electron chi connectivity index (χ2n) is 4.37.